The van der Waals surface area contributed by atoms with Gasteiger partial charge in [0.15, 0.2) is 0 Å². The number of amides is 1. The van der Waals surface area contributed by atoms with E-state index in [1.165, 1.54) is 12.1 Å². The smallest absolute Gasteiger partial charge is 0.254 e. The number of hydrogen-bond acceptors (Lipinski definition) is 5. The second-order valence-electron chi connectivity index (χ2n) is 8.54. The summed E-state index contributed by atoms with van der Waals surface area (Å²) in [5.41, 5.74) is 0.443. The highest BCUT2D eigenvalue weighted by Crippen LogP contribution is 2.27. The van der Waals surface area contributed by atoms with Crippen molar-refractivity contribution >= 4 is 15.9 Å². The Morgan fingerprint density at radius 3 is 2.33 bits per heavy atom. The molecular formula is C22H31N3O4S. The molecule has 0 aromatic heterocycles. The summed E-state index contributed by atoms with van der Waals surface area (Å²) in [5.74, 6) is 0.497. The standard InChI is InChI=1S/C22H31N3O4S/c1-17-14-18(2)16-24(15-17)30(27,28)21-6-4-19(5-7-21)22(26)25(11-3-10-23)20-8-12-29-13-9-20/h4-7,17-18,20H,3,8-9,11-16H2,1-2H3. The van der Waals surface area contributed by atoms with E-state index in [1.807, 2.05) is 0 Å². The van der Waals surface area contributed by atoms with Gasteiger partial charge in [0, 0.05) is 44.5 Å². The maximum Gasteiger partial charge on any atom is 0.254 e. The van der Waals surface area contributed by atoms with E-state index >= 15 is 0 Å². The van der Waals surface area contributed by atoms with Crippen molar-refractivity contribution in [2.75, 3.05) is 32.8 Å². The van der Waals surface area contributed by atoms with Crippen molar-refractivity contribution in [3.8, 4) is 6.07 Å². The summed E-state index contributed by atoms with van der Waals surface area (Å²) in [4.78, 5) is 15.1. The zero-order chi connectivity index (χ0) is 21.7. The lowest BCUT2D eigenvalue weighted by molar-refractivity contribution is 0.0296. The van der Waals surface area contributed by atoms with Gasteiger partial charge in [-0.15, -0.1) is 0 Å². The molecule has 0 aliphatic carbocycles. The van der Waals surface area contributed by atoms with E-state index in [1.54, 1.807) is 21.3 Å². The topological polar surface area (TPSA) is 90.7 Å². The highest BCUT2D eigenvalue weighted by Gasteiger charge is 2.32. The molecule has 2 aliphatic rings. The molecule has 0 N–H and O–H groups in total. The average Bonchev–Trinajstić information content (AvgIpc) is 2.74. The summed E-state index contributed by atoms with van der Waals surface area (Å²) in [7, 11) is -3.58. The summed E-state index contributed by atoms with van der Waals surface area (Å²) in [5, 5.41) is 8.97. The van der Waals surface area contributed by atoms with Crippen LogP contribution in [0.4, 0.5) is 0 Å². The van der Waals surface area contributed by atoms with Gasteiger partial charge in [-0.25, -0.2) is 8.42 Å². The third-order valence-electron chi connectivity index (χ3n) is 5.93. The highest BCUT2D eigenvalue weighted by atomic mass is 32.2. The first-order chi connectivity index (χ1) is 14.3. The Balaban J connectivity index is 1.77. The first-order valence-electron chi connectivity index (χ1n) is 10.7. The Hall–Kier alpha value is -1.95. The fourth-order valence-electron chi connectivity index (χ4n) is 4.50. The summed E-state index contributed by atoms with van der Waals surface area (Å²) < 4.78 is 33.1. The lowest BCUT2D eigenvalue weighted by atomic mass is 9.94. The summed E-state index contributed by atoms with van der Waals surface area (Å²) in [6, 6.07) is 8.38. The number of hydrogen-bond donors (Lipinski definition) is 0. The predicted octanol–water partition coefficient (Wildman–Crippen LogP) is 2.89. The van der Waals surface area contributed by atoms with Crippen molar-refractivity contribution in [3.63, 3.8) is 0 Å². The van der Waals surface area contributed by atoms with Gasteiger partial charge in [-0.1, -0.05) is 13.8 Å². The largest absolute Gasteiger partial charge is 0.381 e. The highest BCUT2D eigenvalue weighted by molar-refractivity contribution is 7.89. The van der Waals surface area contributed by atoms with Gasteiger partial charge in [0.2, 0.25) is 10.0 Å². The van der Waals surface area contributed by atoms with Crippen molar-refractivity contribution in [1.29, 1.82) is 5.26 Å². The number of piperidine rings is 1. The molecule has 1 aromatic carbocycles. The molecule has 0 bridgehead atoms. The molecule has 2 heterocycles. The third-order valence-corrected chi connectivity index (χ3v) is 7.78. The van der Waals surface area contributed by atoms with Crippen LogP contribution in [0.5, 0.6) is 0 Å². The fourth-order valence-corrected chi connectivity index (χ4v) is 6.18. The molecule has 0 spiro atoms. The van der Waals surface area contributed by atoms with Gasteiger partial charge in [0.1, 0.15) is 0 Å². The molecular weight excluding hydrogens is 402 g/mol. The number of sulfonamides is 1. The zero-order valence-corrected chi connectivity index (χ0v) is 18.6. The molecule has 7 nitrogen and oxygen atoms in total. The monoisotopic (exact) mass is 433 g/mol. The number of carbonyl (C=O) groups excluding carboxylic acids is 1. The second-order valence-corrected chi connectivity index (χ2v) is 10.5. The maximum absolute atomic E-state index is 13.1. The first kappa shape index (κ1) is 22.7. The quantitative estimate of drug-likeness (QED) is 0.688. The molecule has 3 rings (SSSR count). The molecule has 2 aliphatic heterocycles. The number of benzene rings is 1. The van der Waals surface area contributed by atoms with Crippen LogP contribution in [0.1, 0.15) is 49.9 Å². The Bertz CT molecular complexity index is 863. The molecule has 2 saturated heterocycles. The fraction of sp³-hybridized carbons (Fsp3) is 0.636. The maximum atomic E-state index is 13.1. The van der Waals surface area contributed by atoms with Crippen LogP contribution in [0.25, 0.3) is 0 Å². The zero-order valence-electron chi connectivity index (χ0n) is 17.8. The van der Waals surface area contributed by atoms with E-state index in [-0.39, 0.29) is 23.3 Å². The SMILES string of the molecule is CC1CC(C)CN(S(=O)(=O)c2ccc(C(=O)N(CCC#N)C3CCOCC3)cc2)C1. The van der Waals surface area contributed by atoms with Gasteiger partial charge in [0.05, 0.1) is 17.4 Å². The van der Waals surface area contributed by atoms with E-state index in [9.17, 15) is 13.2 Å². The van der Waals surface area contributed by atoms with Gasteiger partial charge < -0.3 is 9.64 Å². The van der Waals surface area contributed by atoms with E-state index < -0.39 is 10.0 Å². The van der Waals surface area contributed by atoms with Crippen LogP contribution in [0, 0.1) is 23.2 Å². The molecule has 0 saturated carbocycles. The van der Waals surface area contributed by atoms with E-state index in [0.29, 0.717) is 50.2 Å². The van der Waals surface area contributed by atoms with Crippen LogP contribution in [0.15, 0.2) is 29.2 Å². The minimum absolute atomic E-state index is 0.0411. The predicted molar refractivity (Wildman–Crippen MR) is 113 cm³/mol. The summed E-state index contributed by atoms with van der Waals surface area (Å²) >= 11 is 0. The number of ether oxygens (including phenoxy) is 1. The van der Waals surface area contributed by atoms with Crippen molar-refractivity contribution in [3.05, 3.63) is 29.8 Å². The Morgan fingerprint density at radius 1 is 1.17 bits per heavy atom. The van der Waals surface area contributed by atoms with Crippen molar-refractivity contribution < 1.29 is 17.9 Å². The van der Waals surface area contributed by atoms with Crippen LogP contribution in [0.2, 0.25) is 0 Å². The molecule has 2 unspecified atom stereocenters. The molecule has 2 fully saturated rings. The first-order valence-corrected chi connectivity index (χ1v) is 12.1. The summed E-state index contributed by atoms with van der Waals surface area (Å²) in [6.45, 7) is 6.77. The van der Waals surface area contributed by atoms with Crippen LogP contribution in [-0.4, -0.2) is 62.4 Å². The average molecular weight is 434 g/mol. The lowest BCUT2D eigenvalue weighted by Gasteiger charge is -2.34. The Morgan fingerprint density at radius 2 is 1.77 bits per heavy atom. The molecule has 8 heteroatoms. The van der Waals surface area contributed by atoms with Gasteiger partial charge in [-0.05, 0) is 55.4 Å². The minimum Gasteiger partial charge on any atom is -0.381 e. The van der Waals surface area contributed by atoms with Crippen molar-refractivity contribution in [1.82, 2.24) is 9.21 Å². The lowest BCUT2D eigenvalue weighted by Crippen LogP contribution is -2.44. The third kappa shape index (κ3) is 5.20. The second kappa shape index (κ2) is 9.90. The Kier molecular flexibility index (Phi) is 7.50. The summed E-state index contributed by atoms with van der Waals surface area (Å²) in [6.07, 6.45) is 2.79. The van der Waals surface area contributed by atoms with Crippen LogP contribution in [0.3, 0.4) is 0 Å². The van der Waals surface area contributed by atoms with Crippen LogP contribution >= 0.6 is 0 Å². The van der Waals surface area contributed by atoms with Gasteiger partial charge in [-0.3, -0.25) is 4.79 Å². The number of carbonyl (C=O) groups is 1. The minimum atomic E-state index is -3.58. The molecule has 2 atom stereocenters. The number of nitriles is 1. The van der Waals surface area contributed by atoms with Gasteiger partial charge >= 0.3 is 0 Å². The molecule has 0 radical (unpaired) electrons. The molecule has 30 heavy (non-hydrogen) atoms. The molecule has 1 amide bonds. The van der Waals surface area contributed by atoms with E-state index in [4.69, 9.17) is 10.00 Å². The van der Waals surface area contributed by atoms with Crippen LogP contribution < -0.4 is 0 Å². The van der Waals surface area contributed by atoms with E-state index in [0.717, 1.165) is 19.3 Å². The number of nitrogens with zero attached hydrogens (tertiary/aromatic N) is 3. The van der Waals surface area contributed by atoms with Crippen molar-refractivity contribution in [2.24, 2.45) is 11.8 Å². The molecule has 164 valence electrons. The number of rotatable bonds is 6. The van der Waals surface area contributed by atoms with Crippen LogP contribution in [-0.2, 0) is 14.8 Å². The van der Waals surface area contributed by atoms with Gasteiger partial charge in [-0.2, -0.15) is 9.57 Å². The van der Waals surface area contributed by atoms with E-state index in [2.05, 4.69) is 19.9 Å². The normalized spacial score (nSPS) is 23.6. The van der Waals surface area contributed by atoms with Gasteiger partial charge in [0.25, 0.3) is 5.91 Å². The molecule has 1 aromatic rings. The van der Waals surface area contributed by atoms with Crippen molar-refractivity contribution in [2.45, 2.75) is 50.5 Å². The Labute approximate surface area is 179 Å².